The van der Waals surface area contributed by atoms with Gasteiger partial charge in [0.25, 0.3) is 0 Å². The molecule has 0 unspecified atom stereocenters. The summed E-state index contributed by atoms with van der Waals surface area (Å²) in [7, 11) is 0. The van der Waals surface area contributed by atoms with Gasteiger partial charge in [0.15, 0.2) is 0 Å². The molecule has 6 heteroatoms. The van der Waals surface area contributed by atoms with Crippen LogP contribution in [0.5, 0.6) is 0 Å². The number of halogens is 1. The highest BCUT2D eigenvalue weighted by Crippen LogP contribution is 2.45. The molecule has 2 fully saturated rings. The van der Waals surface area contributed by atoms with Crippen molar-refractivity contribution in [2.75, 3.05) is 19.8 Å². The number of carbonyl (C=O) groups is 1. The number of rotatable bonds is 15. The molecule has 2 aliphatic carbocycles. The fraction of sp³-hybridized carbons (Fsp3) is 0.905. The summed E-state index contributed by atoms with van der Waals surface area (Å²) in [5.74, 6) is 0.830. The van der Waals surface area contributed by atoms with Gasteiger partial charge in [0.05, 0.1) is 0 Å². The molecule has 0 aliphatic heterocycles. The molecule has 0 saturated heterocycles. The highest BCUT2D eigenvalue weighted by Gasteiger charge is 2.52. The topological polar surface area (TPSA) is 88.2 Å². The molecule has 2 rings (SSSR count). The van der Waals surface area contributed by atoms with Gasteiger partial charge in [-0.25, -0.2) is 0 Å². The van der Waals surface area contributed by atoms with Gasteiger partial charge >= 0.3 is 0 Å². The summed E-state index contributed by atoms with van der Waals surface area (Å²) in [5.41, 5.74) is 4.86. The zero-order valence-electron chi connectivity index (χ0n) is 16.9. The summed E-state index contributed by atoms with van der Waals surface area (Å²) in [6, 6.07) is 0. The predicted molar refractivity (Wildman–Crippen MR) is 114 cm³/mol. The fourth-order valence-electron chi connectivity index (χ4n) is 3.93. The molecule has 2 saturated carbocycles. The van der Waals surface area contributed by atoms with E-state index in [1.807, 2.05) is 0 Å². The average Bonchev–Trinajstić information content (AvgIpc) is 3.29. The van der Waals surface area contributed by atoms with Crippen molar-refractivity contribution in [1.82, 2.24) is 5.32 Å². The molecule has 158 valence electrons. The minimum atomic E-state index is -0.652. The molecule has 5 nitrogen and oxygen atoms in total. The van der Waals surface area contributed by atoms with E-state index in [1.165, 1.54) is 64.2 Å². The molecule has 2 aliphatic rings. The zero-order chi connectivity index (χ0) is 18.7. The standard InChI is InChI=1S/C21H39N3O2.ClH/c22-19(23)21(13-14-21)20(25)24-15-9-5-3-1-2-4-6-10-16-26-17-18-11-7-8-12-18;/h18H,1-17H2,(H3,22,23)(H,24,25);1H. The van der Waals surface area contributed by atoms with E-state index in [2.05, 4.69) is 5.32 Å². The Kier molecular flexibility index (Phi) is 12.0. The van der Waals surface area contributed by atoms with E-state index in [4.69, 9.17) is 15.9 Å². The van der Waals surface area contributed by atoms with Gasteiger partial charge in [-0.15, -0.1) is 12.4 Å². The van der Waals surface area contributed by atoms with Crippen LogP contribution in [0, 0.1) is 16.7 Å². The quantitative estimate of drug-likeness (QED) is 0.213. The average molecular weight is 402 g/mol. The molecule has 0 aromatic heterocycles. The maximum atomic E-state index is 12.0. The van der Waals surface area contributed by atoms with Gasteiger partial charge in [0, 0.05) is 19.8 Å². The highest BCUT2D eigenvalue weighted by molar-refractivity contribution is 6.08. The zero-order valence-corrected chi connectivity index (χ0v) is 17.7. The molecular weight excluding hydrogens is 362 g/mol. The SMILES string of the molecule is Cl.N=C(N)C1(C(=O)NCCCCCCCCCCOCC2CCCC2)CC1. The maximum absolute atomic E-state index is 12.0. The first-order chi connectivity index (χ1) is 12.6. The van der Waals surface area contributed by atoms with Crippen LogP contribution in [0.15, 0.2) is 0 Å². The summed E-state index contributed by atoms with van der Waals surface area (Å²) < 4.78 is 5.80. The van der Waals surface area contributed by atoms with Crippen LogP contribution in [-0.2, 0) is 9.53 Å². The molecule has 0 heterocycles. The van der Waals surface area contributed by atoms with Gasteiger partial charge < -0.3 is 15.8 Å². The Hall–Kier alpha value is -0.810. The third-order valence-electron chi connectivity index (χ3n) is 6.03. The number of nitrogens with one attached hydrogen (secondary N) is 2. The number of carbonyl (C=O) groups excluding carboxylic acids is 1. The monoisotopic (exact) mass is 401 g/mol. The van der Waals surface area contributed by atoms with Gasteiger partial charge in [0.1, 0.15) is 11.3 Å². The van der Waals surface area contributed by atoms with E-state index >= 15 is 0 Å². The van der Waals surface area contributed by atoms with Crippen molar-refractivity contribution in [3.8, 4) is 0 Å². The molecule has 0 spiro atoms. The molecule has 0 aromatic rings. The number of hydrogen-bond acceptors (Lipinski definition) is 3. The van der Waals surface area contributed by atoms with Crippen molar-refractivity contribution in [3.63, 3.8) is 0 Å². The van der Waals surface area contributed by atoms with Crippen molar-refractivity contribution in [1.29, 1.82) is 5.41 Å². The number of ether oxygens (including phenoxy) is 1. The van der Waals surface area contributed by atoms with Crippen LogP contribution in [0.3, 0.4) is 0 Å². The predicted octanol–water partition coefficient (Wildman–Crippen LogP) is 4.57. The molecular formula is C21H40ClN3O2. The van der Waals surface area contributed by atoms with Crippen LogP contribution in [0.25, 0.3) is 0 Å². The minimum Gasteiger partial charge on any atom is -0.387 e. The summed E-state index contributed by atoms with van der Waals surface area (Å²) in [6.45, 7) is 2.65. The largest absolute Gasteiger partial charge is 0.387 e. The molecule has 0 aromatic carbocycles. The molecule has 0 radical (unpaired) electrons. The van der Waals surface area contributed by atoms with Crippen molar-refractivity contribution in [2.45, 2.75) is 89.9 Å². The Labute approximate surface area is 171 Å². The lowest BCUT2D eigenvalue weighted by molar-refractivity contribution is -0.124. The van der Waals surface area contributed by atoms with E-state index in [9.17, 15) is 4.79 Å². The fourth-order valence-corrected chi connectivity index (χ4v) is 3.93. The lowest BCUT2D eigenvalue weighted by atomic mass is 10.0. The van der Waals surface area contributed by atoms with Crippen molar-refractivity contribution < 1.29 is 9.53 Å². The molecule has 0 bridgehead atoms. The van der Waals surface area contributed by atoms with Crippen LogP contribution in [0.4, 0.5) is 0 Å². The van der Waals surface area contributed by atoms with Gasteiger partial charge in [-0.05, 0) is 44.4 Å². The van der Waals surface area contributed by atoms with Gasteiger partial charge in [0.2, 0.25) is 5.91 Å². The van der Waals surface area contributed by atoms with Crippen molar-refractivity contribution in [2.24, 2.45) is 17.1 Å². The van der Waals surface area contributed by atoms with E-state index < -0.39 is 5.41 Å². The Balaban J connectivity index is 0.00000364. The van der Waals surface area contributed by atoms with Crippen LogP contribution in [-0.4, -0.2) is 31.5 Å². The smallest absolute Gasteiger partial charge is 0.233 e. The molecule has 4 N–H and O–H groups in total. The summed E-state index contributed by atoms with van der Waals surface area (Å²) in [6.07, 6.45) is 16.9. The van der Waals surface area contributed by atoms with Crippen LogP contribution in [0.1, 0.15) is 89.9 Å². The molecule has 0 atom stereocenters. The number of nitrogens with two attached hydrogens (primary N) is 1. The van der Waals surface area contributed by atoms with Crippen LogP contribution in [0.2, 0.25) is 0 Å². The molecule has 1 amide bonds. The maximum Gasteiger partial charge on any atom is 0.233 e. The van der Waals surface area contributed by atoms with E-state index in [1.54, 1.807) is 0 Å². The Morgan fingerprint density at radius 1 is 1.00 bits per heavy atom. The summed E-state index contributed by atoms with van der Waals surface area (Å²) >= 11 is 0. The minimum absolute atomic E-state index is 0. The second-order valence-electron chi connectivity index (χ2n) is 8.31. The van der Waals surface area contributed by atoms with Gasteiger partial charge in [-0.2, -0.15) is 0 Å². The first-order valence-electron chi connectivity index (χ1n) is 10.9. The summed E-state index contributed by atoms with van der Waals surface area (Å²) in [4.78, 5) is 12.0. The van der Waals surface area contributed by atoms with Gasteiger partial charge in [-0.1, -0.05) is 51.4 Å². The van der Waals surface area contributed by atoms with Crippen molar-refractivity contribution in [3.05, 3.63) is 0 Å². The third kappa shape index (κ3) is 8.82. The van der Waals surface area contributed by atoms with E-state index in [0.717, 1.165) is 44.8 Å². The normalized spacial score (nSPS) is 18.1. The number of hydrogen-bond donors (Lipinski definition) is 3. The third-order valence-corrected chi connectivity index (χ3v) is 6.03. The van der Waals surface area contributed by atoms with E-state index in [-0.39, 0.29) is 24.1 Å². The van der Waals surface area contributed by atoms with Crippen LogP contribution < -0.4 is 11.1 Å². The molecule has 27 heavy (non-hydrogen) atoms. The Bertz CT molecular complexity index is 435. The van der Waals surface area contributed by atoms with Crippen LogP contribution >= 0.6 is 12.4 Å². The number of amides is 1. The lowest BCUT2D eigenvalue weighted by Gasteiger charge is -2.13. The number of amidine groups is 1. The van der Waals surface area contributed by atoms with E-state index in [0.29, 0.717) is 6.54 Å². The first-order valence-corrected chi connectivity index (χ1v) is 10.9. The first kappa shape index (κ1) is 24.2. The van der Waals surface area contributed by atoms with Gasteiger partial charge in [-0.3, -0.25) is 10.2 Å². The Morgan fingerprint density at radius 2 is 1.56 bits per heavy atom. The summed E-state index contributed by atoms with van der Waals surface area (Å²) in [5, 5.41) is 10.4. The second kappa shape index (κ2) is 13.4. The number of unbranched alkanes of at least 4 members (excludes halogenated alkanes) is 7. The second-order valence-corrected chi connectivity index (χ2v) is 8.31. The lowest BCUT2D eigenvalue weighted by Crippen LogP contribution is -2.40. The highest BCUT2D eigenvalue weighted by atomic mass is 35.5. The van der Waals surface area contributed by atoms with Crippen molar-refractivity contribution >= 4 is 24.1 Å². The Morgan fingerprint density at radius 3 is 2.11 bits per heavy atom.